The van der Waals surface area contributed by atoms with E-state index in [1.54, 1.807) is 7.05 Å². The Hall–Kier alpha value is -0.206. The second kappa shape index (κ2) is 8.89. The fourth-order valence-electron chi connectivity index (χ4n) is 1.34. The first kappa shape index (κ1) is 18.2. The minimum absolute atomic E-state index is 0. The molecule has 1 radical (unpaired) electrons. The van der Waals surface area contributed by atoms with Crippen LogP contribution in [-0.4, -0.2) is 13.0 Å². The maximum absolute atomic E-state index is 11.4. The Morgan fingerprint density at radius 2 is 1.56 bits per heavy atom. The summed E-state index contributed by atoms with van der Waals surface area (Å²) in [6.07, 6.45) is 0. The second-order valence-corrected chi connectivity index (χ2v) is 3.26. The van der Waals surface area contributed by atoms with Crippen LogP contribution in [0.25, 0.3) is 0 Å². The molecular weight excluding hydrogens is 275 g/mol. The molecule has 1 aromatic carbocycles. The molecule has 0 fully saturated rings. The molecule has 1 amide bonds. The van der Waals surface area contributed by atoms with Crippen LogP contribution >= 0.6 is 0 Å². The van der Waals surface area contributed by atoms with Crippen molar-refractivity contribution >= 4 is 5.91 Å². The van der Waals surface area contributed by atoms with E-state index in [2.05, 4.69) is 12.2 Å². The quantitative estimate of drug-likeness (QED) is 0.848. The normalized spacial score (nSPS) is 8.38. The summed E-state index contributed by atoms with van der Waals surface area (Å²) in [5.41, 5.74) is 4.26. The number of carbonyl (C=O) groups excluding carboxylic acids is 1. The molecular formula is C13H21NOY. The van der Waals surface area contributed by atoms with Crippen molar-refractivity contribution in [2.75, 3.05) is 7.05 Å². The third-order valence-electron chi connectivity index (χ3n) is 2.53. The summed E-state index contributed by atoms with van der Waals surface area (Å²) in [7, 11) is 1.65. The van der Waals surface area contributed by atoms with Crippen LogP contribution in [0.15, 0.2) is 12.1 Å². The first-order chi connectivity index (χ1) is 7.07. The summed E-state index contributed by atoms with van der Waals surface area (Å²) in [6, 6.07) is 3.85. The molecule has 87 valence electrons. The number of carbonyl (C=O) groups is 1. The van der Waals surface area contributed by atoms with Crippen LogP contribution < -0.4 is 5.32 Å². The van der Waals surface area contributed by atoms with Gasteiger partial charge in [-0.05, 0) is 43.5 Å². The maximum Gasteiger partial charge on any atom is 0.251 e. The predicted molar refractivity (Wildman–Crippen MR) is 65.4 cm³/mol. The average molecular weight is 296 g/mol. The number of hydrogen-bond donors (Lipinski definition) is 1. The van der Waals surface area contributed by atoms with Gasteiger partial charge in [-0.1, -0.05) is 19.9 Å². The van der Waals surface area contributed by atoms with Gasteiger partial charge in [-0.25, -0.2) is 0 Å². The molecule has 0 heterocycles. The second-order valence-electron chi connectivity index (χ2n) is 3.26. The molecule has 16 heavy (non-hydrogen) atoms. The third kappa shape index (κ3) is 4.35. The number of benzene rings is 1. The molecule has 0 saturated carbocycles. The van der Waals surface area contributed by atoms with Crippen LogP contribution in [-0.2, 0) is 32.7 Å². The van der Waals surface area contributed by atoms with Crippen LogP contribution in [0.5, 0.6) is 0 Å². The molecule has 0 aromatic heterocycles. The Kier molecular flexibility index (Phi) is 10.1. The van der Waals surface area contributed by atoms with Gasteiger partial charge in [0.1, 0.15) is 0 Å². The van der Waals surface area contributed by atoms with Crippen molar-refractivity contribution in [3.05, 3.63) is 34.4 Å². The first-order valence-corrected chi connectivity index (χ1v) is 5.36. The van der Waals surface area contributed by atoms with E-state index < -0.39 is 0 Å². The summed E-state index contributed by atoms with van der Waals surface area (Å²) in [5.74, 6) is -0.0133. The zero-order valence-corrected chi connectivity index (χ0v) is 14.0. The summed E-state index contributed by atoms with van der Waals surface area (Å²) < 4.78 is 0. The Morgan fingerprint density at radius 1 is 1.06 bits per heavy atom. The Labute approximate surface area is 124 Å². The van der Waals surface area contributed by atoms with Gasteiger partial charge in [-0.2, -0.15) is 0 Å². The van der Waals surface area contributed by atoms with Gasteiger partial charge in [0, 0.05) is 45.3 Å². The molecule has 0 spiro atoms. The molecule has 1 aromatic rings. The summed E-state index contributed by atoms with van der Waals surface area (Å²) in [4.78, 5) is 11.4. The van der Waals surface area contributed by atoms with Crippen LogP contribution in [0.1, 0.15) is 40.9 Å². The van der Waals surface area contributed by atoms with E-state index in [1.807, 2.05) is 39.8 Å². The smallest absolute Gasteiger partial charge is 0.251 e. The standard InChI is InChI=1S/C11H15NO.C2H6.Y/c1-7-5-6-10(11(13)12-4)9(3)8(7)2;1-2;/h5-6H,1-4H3,(H,12,13);1-2H3;. The van der Waals surface area contributed by atoms with Gasteiger partial charge < -0.3 is 5.32 Å². The summed E-state index contributed by atoms with van der Waals surface area (Å²) in [6.45, 7) is 10.1. The van der Waals surface area contributed by atoms with E-state index >= 15 is 0 Å². The van der Waals surface area contributed by atoms with Gasteiger partial charge in [0.2, 0.25) is 0 Å². The molecule has 0 saturated heterocycles. The molecule has 3 heteroatoms. The zero-order valence-electron chi connectivity index (χ0n) is 11.1. The van der Waals surface area contributed by atoms with Crippen molar-refractivity contribution < 1.29 is 37.5 Å². The molecule has 2 nitrogen and oxygen atoms in total. The van der Waals surface area contributed by atoms with Crippen LogP contribution in [0.3, 0.4) is 0 Å². The third-order valence-corrected chi connectivity index (χ3v) is 2.53. The molecule has 1 N–H and O–H groups in total. The molecule has 1 rings (SSSR count). The zero-order chi connectivity index (χ0) is 12.0. The van der Waals surface area contributed by atoms with Gasteiger partial charge in [0.25, 0.3) is 5.91 Å². The van der Waals surface area contributed by atoms with E-state index in [9.17, 15) is 4.79 Å². The average Bonchev–Trinajstić information content (AvgIpc) is 2.28. The van der Waals surface area contributed by atoms with Gasteiger partial charge >= 0.3 is 0 Å². The first-order valence-electron chi connectivity index (χ1n) is 5.36. The number of hydrogen-bond acceptors (Lipinski definition) is 1. The molecule has 0 atom stereocenters. The van der Waals surface area contributed by atoms with Gasteiger partial charge in [0.05, 0.1) is 0 Å². The number of amides is 1. The van der Waals surface area contributed by atoms with Crippen molar-refractivity contribution in [3.63, 3.8) is 0 Å². The van der Waals surface area contributed by atoms with Gasteiger partial charge in [-0.15, -0.1) is 0 Å². The van der Waals surface area contributed by atoms with E-state index in [4.69, 9.17) is 0 Å². The van der Waals surface area contributed by atoms with Crippen molar-refractivity contribution in [1.29, 1.82) is 0 Å². The minimum Gasteiger partial charge on any atom is -0.355 e. The van der Waals surface area contributed by atoms with E-state index in [0.29, 0.717) is 0 Å². The monoisotopic (exact) mass is 296 g/mol. The molecule has 0 aliphatic rings. The van der Waals surface area contributed by atoms with Gasteiger partial charge in [-0.3, -0.25) is 4.79 Å². The topological polar surface area (TPSA) is 29.1 Å². The number of aryl methyl sites for hydroxylation is 1. The van der Waals surface area contributed by atoms with Crippen molar-refractivity contribution in [2.24, 2.45) is 0 Å². The summed E-state index contributed by atoms with van der Waals surface area (Å²) >= 11 is 0. The SMILES string of the molecule is CC.CNC(=O)c1ccc(C)c(C)c1C.[Y]. The van der Waals surface area contributed by atoms with E-state index in [0.717, 1.165) is 11.1 Å². The van der Waals surface area contributed by atoms with Crippen molar-refractivity contribution in [3.8, 4) is 0 Å². The molecule has 0 unspecified atom stereocenters. The largest absolute Gasteiger partial charge is 0.355 e. The van der Waals surface area contributed by atoms with E-state index in [1.165, 1.54) is 11.1 Å². The molecule has 0 bridgehead atoms. The molecule has 0 aliphatic heterocycles. The van der Waals surface area contributed by atoms with Crippen LogP contribution in [0.4, 0.5) is 0 Å². The van der Waals surface area contributed by atoms with Crippen LogP contribution in [0.2, 0.25) is 0 Å². The Morgan fingerprint density at radius 3 is 2.00 bits per heavy atom. The predicted octanol–water partition coefficient (Wildman–Crippen LogP) is 3.00. The fourth-order valence-corrected chi connectivity index (χ4v) is 1.34. The van der Waals surface area contributed by atoms with Crippen molar-refractivity contribution in [2.45, 2.75) is 34.6 Å². The van der Waals surface area contributed by atoms with E-state index in [-0.39, 0.29) is 38.6 Å². The maximum atomic E-state index is 11.4. The number of nitrogens with one attached hydrogen (secondary N) is 1. The van der Waals surface area contributed by atoms with Crippen molar-refractivity contribution in [1.82, 2.24) is 5.32 Å². The minimum atomic E-state index is -0.0133. The fraction of sp³-hybridized carbons (Fsp3) is 0.462. The number of rotatable bonds is 1. The Balaban J connectivity index is 0. The Bertz CT molecular complexity index is 348. The summed E-state index contributed by atoms with van der Waals surface area (Å²) in [5, 5.41) is 2.63. The van der Waals surface area contributed by atoms with Gasteiger partial charge in [0.15, 0.2) is 0 Å². The van der Waals surface area contributed by atoms with Crippen LogP contribution in [0, 0.1) is 20.8 Å². The molecule has 0 aliphatic carbocycles.